The number of nitrogens with zero attached hydrogens (tertiary/aromatic N) is 2. The molecule has 2 aliphatic rings. The molecule has 0 atom stereocenters. The van der Waals surface area contributed by atoms with E-state index in [4.69, 9.17) is 4.74 Å². The van der Waals surface area contributed by atoms with Crippen molar-refractivity contribution < 1.29 is 13.9 Å². The van der Waals surface area contributed by atoms with E-state index in [0.29, 0.717) is 24.2 Å². The molecule has 1 heterocycles. The lowest BCUT2D eigenvalue weighted by atomic mass is 10.2. The third kappa shape index (κ3) is 3.73. The highest BCUT2D eigenvalue weighted by molar-refractivity contribution is 5.81. The fourth-order valence-corrected chi connectivity index (χ4v) is 2.63. The Morgan fingerprint density at radius 3 is 2.57 bits per heavy atom. The number of carbonyl (C=O) groups excluding carboxylic acids is 1. The molecule has 1 aromatic rings. The zero-order valence-electron chi connectivity index (χ0n) is 12.1. The van der Waals surface area contributed by atoms with Gasteiger partial charge in [-0.25, -0.2) is 4.39 Å². The van der Waals surface area contributed by atoms with Crippen LogP contribution >= 0.6 is 0 Å². The Balaban J connectivity index is 1.37. The largest absolute Gasteiger partial charge is 0.489 e. The van der Waals surface area contributed by atoms with Gasteiger partial charge in [0.05, 0.1) is 0 Å². The van der Waals surface area contributed by atoms with Gasteiger partial charge in [0.25, 0.3) is 0 Å². The molecule has 114 valence electrons. The topological polar surface area (TPSA) is 32.8 Å². The second kappa shape index (κ2) is 6.43. The van der Waals surface area contributed by atoms with Crippen LogP contribution in [0.2, 0.25) is 0 Å². The quantitative estimate of drug-likeness (QED) is 0.829. The molecular weight excluding hydrogens is 271 g/mol. The number of carbonyl (C=O) groups is 1. The lowest BCUT2D eigenvalue weighted by molar-refractivity contribution is -0.134. The van der Waals surface area contributed by atoms with Crippen LogP contribution < -0.4 is 4.74 Å². The summed E-state index contributed by atoms with van der Waals surface area (Å²) >= 11 is 0. The van der Waals surface area contributed by atoms with Gasteiger partial charge in [-0.2, -0.15) is 0 Å². The molecule has 5 heteroatoms. The Bertz CT molecular complexity index is 497. The molecule has 0 aromatic heterocycles. The highest BCUT2D eigenvalue weighted by Crippen LogP contribution is 2.31. The maximum atomic E-state index is 13.4. The summed E-state index contributed by atoms with van der Waals surface area (Å²) in [4.78, 5) is 16.2. The van der Waals surface area contributed by atoms with Crippen molar-refractivity contribution in [3.05, 3.63) is 30.1 Å². The van der Waals surface area contributed by atoms with Gasteiger partial charge >= 0.3 is 0 Å². The molecule has 1 aromatic carbocycles. The summed E-state index contributed by atoms with van der Waals surface area (Å²) in [6.45, 7) is 4.58. The summed E-state index contributed by atoms with van der Waals surface area (Å²) in [5, 5.41) is 0. The van der Waals surface area contributed by atoms with E-state index in [1.54, 1.807) is 18.2 Å². The lowest BCUT2D eigenvalue weighted by Crippen LogP contribution is -2.50. The fourth-order valence-electron chi connectivity index (χ4n) is 2.63. The van der Waals surface area contributed by atoms with E-state index in [2.05, 4.69) is 4.90 Å². The van der Waals surface area contributed by atoms with Gasteiger partial charge in [0.1, 0.15) is 6.61 Å². The molecule has 0 N–H and O–H groups in total. The predicted octanol–water partition coefficient (Wildman–Crippen LogP) is 1.76. The number of halogens is 1. The normalized spacial score (nSPS) is 19.6. The van der Waals surface area contributed by atoms with Crippen LogP contribution in [0.5, 0.6) is 5.75 Å². The van der Waals surface area contributed by atoms with Crippen LogP contribution in [-0.4, -0.2) is 55.0 Å². The van der Waals surface area contributed by atoms with Gasteiger partial charge < -0.3 is 9.64 Å². The molecule has 1 saturated heterocycles. The fraction of sp³-hybridized carbons (Fsp3) is 0.562. The number of hydrogen-bond donors (Lipinski definition) is 0. The summed E-state index contributed by atoms with van der Waals surface area (Å²) < 4.78 is 18.9. The molecule has 0 bridgehead atoms. The third-order valence-electron chi connectivity index (χ3n) is 4.11. The van der Waals surface area contributed by atoms with E-state index in [1.807, 2.05) is 4.90 Å². The summed E-state index contributed by atoms with van der Waals surface area (Å²) in [5.74, 6) is 0.621. The molecule has 1 saturated carbocycles. The Hall–Kier alpha value is -1.62. The van der Waals surface area contributed by atoms with E-state index in [0.717, 1.165) is 45.6 Å². The molecule has 2 fully saturated rings. The van der Waals surface area contributed by atoms with Gasteiger partial charge in [-0.15, -0.1) is 0 Å². The van der Waals surface area contributed by atoms with Gasteiger partial charge in [-0.05, 0) is 25.0 Å². The predicted molar refractivity (Wildman–Crippen MR) is 77.6 cm³/mol. The minimum Gasteiger partial charge on any atom is -0.489 e. The molecule has 1 amide bonds. The molecule has 1 aliphatic heterocycles. The molecule has 3 rings (SSSR count). The smallest absolute Gasteiger partial charge is 0.225 e. The van der Waals surface area contributed by atoms with Crippen molar-refractivity contribution in [1.29, 1.82) is 0 Å². The van der Waals surface area contributed by atoms with Crippen molar-refractivity contribution >= 4 is 5.91 Å². The van der Waals surface area contributed by atoms with E-state index >= 15 is 0 Å². The minimum atomic E-state index is -0.322. The Morgan fingerprint density at radius 2 is 1.90 bits per heavy atom. The maximum absolute atomic E-state index is 13.4. The second-order valence-electron chi connectivity index (χ2n) is 5.72. The van der Waals surface area contributed by atoms with E-state index in [9.17, 15) is 9.18 Å². The highest BCUT2D eigenvalue weighted by Gasteiger charge is 2.34. The first-order valence-electron chi connectivity index (χ1n) is 7.62. The summed E-state index contributed by atoms with van der Waals surface area (Å²) in [6, 6.07) is 6.46. The molecule has 0 spiro atoms. The van der Waals surface area contributed by atoms with Crippen LogP contribution in [0.1, 0.15) is 12.8 Å². The molecule has 1 aliphatic carbocycles. The number of para-hydroxylation sites is 1. The van der Waals surface area contributed by atoms with E-state index in [1.165, 1.54) is 6.07 Å². The Morgan fingerprint density at radius 1 is 1.19 bits per heavy atom. The average Bonchev–Trinajstić information content (AvgIpc) is 3.34. The highest BCUT2D eigenvalue weighted by atomic mass is 19.1. The molecule has 0 radical (unpaired) electrons. The van der Waals surface area contributed by atoms with Crippen LogP contribution in [0.15, 0.2) is 24.3 Å². The van der Waals surface area contributed by atoms with Crippen LogP contribution in [-0.2, 0) is 4.79 Å². The van der Waals surface area contributed by atoms with Crippen molar-refractivity contribution in [3.8, 4) is 5.75 Å². The van der Waals surface area contributed by atoms with Crippen LogP contribution in [0.3, 0.4) is 0 Å². The first kappa shape index (κ1) is 14.3. The van der Waals surface area contributed by atoms with Crippen molar-refractivity contribution in [3.63, 3.8) is 0 Å². The van der Waals surface area contributed by atoms with Crippen molar-refractivity contribution in [2.75, 3.05) is 39.3 Å². The molecule has 0 unspecified atom stereocenters. The van der Waals surface area contributed by atoms with Gasteiger partial charge in [0.15, 0.2) is 11.6 Å². The van der Waals surface area contributed by atoms with Gasteiger partial charge in [0.2, 0.25) is 5.91 Å². The maximum Gasteiger partial charge on any atom is 0.225 e. The molecule has 21 heavy (non-hydrogen) atoms. The summed E-state index contributed by atoms with van der Waals surface area (Å²) in [5.41, 5.74) is 0. The summed E-state index contributed by atoms with van der Waals surface area (Å²) in [7, 11) is 0. The number of hydrogen-bond acceptors (Lipinski definition) is 3. The minimum absolute atomic E-state index is 0.306. The number of amides is 1. The zero-order valence-corrected chi connectivity index (χ0v) is 12.1. The standard InChI is InChI=1S/C16H21FN2O2/c17-14-3-1-2-4-15(14)21-12-11-18-7-9-19(10-8-18)16(20)13-5-6-13/h1-4,13H,5-12H2. The Labute approximate surface area is 124 Å². The first-order chi connectivity index (χ1) is 10.2. The van der Waals surface area contributed by atoms with Crippen LogP contribution in [0.4, 0.5) is 4.39 Å². The Kier molecular flexibility index (Phi) is 4.39. The van der Waals surface area contributed by atoms with Crippen molar-refractivity contribution in [1.82, 2.24) is 9.80 Å². The lowest BCUT2D eigenvalue weighted by Gasteiger charge is -2.34. The SMILES string of the molecule is O=C(C1CC1)N1CCN(CCOc2ccccc2F)CC1. The number of ether oxygens (including phenoxy) is 1. The molecular formula is C16H21FN2O2. The average molecular weight is 292 g/mol. The van der Waals surface area contributed by atoms with Crippen molar-refractivity contribution in [2.24, 2.45) is 5.92 Å². The first-order valence-corrected chi connectivity index (χ1v) is 7.62. The third-order valence-corrected chi connectivity index (χ3v) is 4.11. The van der Waals surface area contributed by atoms with Crippen LogP contribution in [0, 0.1) is 11.7 Å². The van der Waals surface area contributed by atoms with E-state index < -0.39 is 0 Å². The summed E-state index contributed by atoms with van der Waals surface area (Å²) in [6.07, 6.45) is 2.13. The van der Waals surface area contributed by atoms with Gasteiger partial charge in [0, 0.05) is 38.6 Å². The monoisotopic (exact) mass is 292 g/mol. The second-order valence-corrected chi connectivity index (χ2v) is 5.72. The van der Waals surface area contributed by atoms with Gasteiger partial charge in [-0.1, -0.05) is 12.1 Å². The van der Waals surface area contributed by atoms with Crippen LogP contribution in [0.25, 0.3) is 0 Å². The number of piperazine rings is 1. The zero-order chi connectivity index (χ0) is 14.7. The number of benzene rings is 1. The van der Waals surface area contributed by atoms with Gasteiger partial charge in [-0.3, -0.25) is 9.69 Å². The van der Waals surface area contributed by atoms with E-state index in [-0.39, 0.29) is 5.82 Å². The van der Waals surface area contributed by atoms with Crippen molar-refractivity contribution in [2.45, 2.75) is 12.8 Å². The molecule has 4 nitrogen and oxygen atoms in total. The number of rotatable bonds is 5.